The molecule has 7 heteroatoms. The first-order valence-corrected chi connectivity index (χ1v) is 10.8. The Balaban J connectivity index is 2.13. The lowest BCUT2D eigenvalue weighted by Crippen LogP contribution is -2.31. The van der Waals surface area contributed by atoms with Gasteiger partial charge in [0.1, 0.15) is 0 Å². The fraction of sp³-hybridized carbons (Fsp3) is 0.381. The van der Waals surface area contributed by atoms with Crippen molar-refractivity contribution in [3.05, 3.63) is 53.1 Å². The summed E-state index contributed by atoms with van der Waals surface area (Å²) >= 11 is 0. The van der Waals surface area contributed by atoms with Crippen molar-refractivity contribution in [1.82, 2.24) is 4.31 Å². The molecule has 0 saturated carbocycles. The highest BCUT2D eigenvalue weighted by Crippen LogP contribution is 2.23. The summed E-state index contributed by atoms with van der Waals surface area (Å²) in [4.78, 5) is 12.5. The fourth-order valence-electron chi connectivity index (χ4n) is 3.12. The number of hydrogen-bond acceptors (Lipinski definition) is 4. The first-order valence-electron chi connectivity index (χ1n) is 9.40. The van der Waals surface area contributed by atoms with Crippen LogP contribution in [0, 0.1) is 20.8 Å². The molecule has 0 spiro atoms. The number of benzene rings is 2. The van der Waals surface area contributed by atoms with Crippen LogP contribution >= 0.6 is 0 Å². The van der Waals surface area contributed by atoms with Crippen molar-refractivity contribution in [2.45, 2.75) is 39.5 Å². The Kier molecular flexibility index (Phi) is 7.21. The van der Waals surface area contributed by atoms with Gasteiger partial charge < -0.3 is 10.6 Å². The van der Waals surface area contributed by atoms with Gasteiger partial charge in [-0.05, 0) is 61.7 Å². The van der Waals surface area contributed by atoms with Crippen LogP contribution in [0.4, 0.5) is 11.4 Å². The third-order valence-electron chi connectivity index (χ3n) is 4.47. The van der Waals surface area contributed by atoms with E-state index in [-0.39, 0.29) is 17.3 Å². The van der Waals surface area contributed by atoms with Crippen molar-refractivity contribution in [2.75, 3.05) is 30.3 Å². The molecule has 0 saturated heterocycles. The highest BCUT2D eigenvalue weighted by molar-refractivity contribution is 7.89. The molecule has 0 heterocycles. The number of hydrogen-bond donors (Lipinski definition) is 2. The predicted molar refractivity (Wildman–Crippen MR) is 114 cm³/mol. The number of aryl methyl sites for hydroxylation is 3. The van der Waals surface area contributed by atoms with E-state index in [9.17, 15) is 13.2 Å². The van der Waals surface area contributed by atoms with E-state index in [1.54, 1.807) is 32.9 Å². The summed E-state index contributed by atoms with van der Waals surface area (Å²) < 4.78 is 27.1. The number of nitrogens with one attached hydrogen (secondary N) is 2. The zero-order valence-corrected chi connectivity index (χ0v) is 18.0. The van der Waals surface area contributed by atoms with Crippen molar-refractivity contribution < 1.29 is 13.2 Å². The second-order valence-electron chi connectivity index (χ2n) is 6.85. The lowest BCUT2D eigenvalue weighted by molar-refractivity contribution is -0.114. The zero-order valence-electron chi connectivity index (χ0n) is 17.2. The van der Waals surface area contributed by atoms with Crippen molar-refractivity contribution >= 4 is 27.3 Å². The van der Waals surface area contributed by atoms with Crippen molar-refractivity contribution in [3.63, 3.8) is 0 Å². The second-order valence-corrected chi connectivity index (χ2v) is 8.75. The number of nitrogens with zero attached hydrogens (tertiary/aromatic N) is 1. The molecule has 0 bridgehead atoms. The van der Waals surface area contributed by atoms with Gasteiger partial charge in [-0.15, -0.1) is 0 Å². The maximum atomic E-state index is 12.8. The summed E-state index contributed by atoms with van der Waals surface area (Å²) in [5, 5.41) is 5.87. The number of amides is 1. The molecule has 2 aromatic carbocycles. The van der Waals surface area contributed by atoms with Gasteiger partial charge in [0.15, 0.2) is 0 Å². The fourth-order valence-corrected chi connectivity index (χ4v) is 4.83. The van der Waals surface area contributed by atoms with E-state index in [4.69, 9.17) is 0 Å². The predicted octanol–water partition coefficient (Wildman–Crippen LogP) is 3.69. The average Bonchev–Trinajstić information content (AvgIpc) is 2.61. The first-order chi connectivity index (χ1) is 13.2. The van der Waals surface area contributed by atoms with E-state index in [1.807, 2.05) is 26.0 Å². The van der Waals surface area contributed by atoms with Gasteiger partial charge >= 0.3 is 0 Å². The largest absolute Gasteiger partial charge is 0.376 e. The standard InChI is InChI=1S/C21H29N3O3S/c1-6-24(7-2)28(26,27)20-13-18(9-8-17(20)5)23-21(25)14-22-19-11-15(3)10-16(4)12-19/h8-13,22H,6-7,14H2,1-5H3,(H,23,25). The summed E-state index contributed by atoms with van der Waals surface area (Å²) in [7, 11) is -3.59. The Bertz CT molecular complexity index is 931. The van der Waals surface area contributed by atoms with Gasteiger partial charge in [-0.2, -0.15) is 4.31 Å². The van der Waals surface area contributed by atoms with Crippen LogP contribution in [0.25, 0.3) is 0 Å². The van der Waals surface area contributed by atoms with Crippen LogP contribution in [-0.2, 0) is 14.8 Å². The smallest absolute Gasteiger partial charge is 0.243 e. The molecule has 28 heavy (non-hydrogen) atoms. The Labute approximate surface area is 168 Å². The molecular weight excluding hydrogens is 374 g/mol. The van der Waals surface area contributed by atoms with Crippen molar-refractivity contribution in [3.8, 4) is 0 Å². The normalized spacial score (nSPS) is 11.5. The van der Waals surface area contributed by atoms with Gasteiger partial charge in [0.05, 0.1) is 11.4 Å². The molecule has 0 unspecified atom stereocenters. The van der Waals surface area contributed by atoms with Gasteiger partial charge in [-0.1, -0.05) is 26.0 Å². The van der Waals surface area contributed by atoms with Gasteiger partial charge in [0.25, 0.3) is 0 Å². The molecule has 2 aromatic rings. The molecule has 2 rings (SSSR count). The molecule has 6 nitrogen and oxygen atoms in total. The van der Waals surface area contributed by atoms with Crippen molar-refractivity contribution in [2.24, 2.45) is 0 Å². The number of carbonyl (C=O) groups excluding carboxylic acids is 1. The molecule has 0 aliphatic heterocycles. The Morgan fingerprint density at radius 3 is 2.11 bits per heavy atom. The van der Waals surface area contributed by atoms with Crippen LogP contribution < -0.4 is 10.6 Å². The monoisotopic (exact) mass is 403 g/mol. The highest BCUT2D eigenvalue weighted by Gasteiger charge is 2.24. The number of sulfonamides is 1. The summed E-state index contributed by atoms with van der Waals surface area (Å²) in [6, 6.07) is 11.0. The molecule has 2 N–H and O–H groups in total. The molecule has 0 atom stereocenters. The van der Waals surface area contributed by atoms with Crippen LogP contribution in [0.2, 0.25) is 0 Å². The minimum atomic E-state index is -3.59. The van der Waals surface area contributed by atoms with E-state index < -0.39 is 10.0 Å². The maximum Gasteiger partial charge on any atom is 0.243 e. The SMILES string of the molecule is CCN(CC)S(=O)(=O)c1cc(NC(=O)CNc2cc(C)cc(C)c2)ccc1C. The van der Waals surface area contributed by atoms with Crippen LogP contribution in [-0.4, -0.2) is 38.3 Å². The lowest BCUT2D eigenvalue weighted by atomic mass is 10.1. The molecule has 1 amide bonds. The molecular formula is C21H29N3O3S. The van der Waals surface area contributed by atoms with E-state index >= 15 is 0 Å². The summed E-state index contributed by atoms with van der Waals surface area (Å²) in [6.45, 7) is 10.3. The van der Waals surface area contributed by atoms with Crippen LogP contribution in [0.5, 0.6) is 0 Å². The summed E-state index contributed by atoms with van der Waals surface area (Å²) in [5.74, 6) is -0.241. The molecule has 152 valence electrons. The zero-order chi connectivity index (χ0) is 20.9. The molecule has 0 fully saturated rings. The lowest BCUT2D eigenvalue weighted by Gasteiger charge is -2.20. The van der Waals surface area contributed by atoms with Gasteiger partial charge in [-0.25, -0.2) is 8.42 Å². The van der Waals surface area contributed by atoms with E-state index in [0.29, 0.717) is 24.3 Å². The molecule has 0 aliphatic carbocycles. The number of anilines is 2. The Hall–Kier alpha value is -2.38. The number of carbonyl (C=O) groups is 1. The quantitative estimate of drug-likeness (QED) is 0.705. The van der Waals surface area contributed by atoms with Crippen molar-refractivity contribution in [1.29, 1.82) is 0 Å². The topological polar surface area (TPSA) is 78.5 Å². The molecule has 0 aromatic heterocycles. The second kappa shape index (κ2) is 9.21. The summed E-state index contributed by atoms with van der Waals surface area (Å²) in [5.41, 5.74) is 4.23. The third kappa shape index (κ3) is 5.33. The van der Waals surface area contributed by atoms with Crippen LogP contribution in [0.1, 0.15) is 30.5 Å². The van der Waals surface area contributed by atoms with Crippen LogP contribution in [0.15, 0.2) is 41.3 Å². The first kappa shape index (κ1) is 21.9. The Morgan fingerprint density at radius 1 is 0.929 bits per heavy atom. The van der Waals surface area contributed by atoms with Crippen LogP contribution in [0.3, 0.4) is 0 Å². The van der Waals surface area contributed by atoms with E-state index in [1.165, 1.54) is 10.4 Å². The summed E-state index contributed by atoms with van der Waals surface area (Å²) in [6.07, 6.45) is 0. The molecule has 0 radical (unpaired) electrons. The highest BCUT2D eigenvalue weighted by atomic mass is 32.2. The van der Waals surface area contributed by atoms with Gasteiger partial charge in [-0.3, -0.25) is 4.79 Å². The maximum absolute atomic E-state index is 12.8. The minimum Gasteiger partial charge on any atom is -0.376 e. The van der Waals surface area contributed by atoms with Gasteiger partial charge in [0.2, 0.25) is 15.9 Å². The third-order valence-corrected chi connectivity index (χ3v) is 6.66. The number of rotatable bonds is 8. The minimum absolute atomic E-state index is 0.0922. The van der Waals surface area contributed by atoms with E-state index in [2.05, 4.69) is 16.7 Å². The molecule has 0 aliphatic rings. The average molecular weight is 404 g/mol. The van der Waals surface area contributed by atoms with Gasteiger partial charge in [0, 0.05) is 24.5 Å². The Morgan fingerprint density at radius 2 is 1.54 bits per heavy atom. The van der Waals surface area contributed by atoms with E-state index in [0.717, 1.165) is 16.8 Å².